The van der Waals surface area contributed by atoms with E-state index in [0.29, 0.717) is 29.9 Å². The molecule has 1 aliphatic rings. The Balaban J connectivity index is 2.12. The minimum atomic E-state index is -1.37. The Labute approximate surface area is 206 Å². The van der Waals surface area contributed by atoms with E-state index in [-0.39, 0.29) is 12.6 Å². The molecule has 0 bridgehead atoms. The van der Waals surface area contributed by atoms with E-state index in [0.717, 1.165) is 23.8 Å². The van der Waals surface area contributed by atoms with Crippen molar-refractivity contribution in [3.05, 3.63) is 45.2 Å². The maximum absolute atomic E-state index is 13.2. The van der Waals surface area contributed by atoms with Crippen LogP contribution in [0.25, 0.3) is 0 Å². The molecule has 0 spiro atoms. The van der Waals surface area contributed by atoms with Crippen molar-refractivity contribution in [3.8, 4) is 23.1 Å². The third-order valence-corrected chi connectivity index (χ3v) is 6.03. The van der Waals surface area contributed by atoms with Gasteiger partial charge in [-0.05, 0) is 25.0 Å². The maximum atomic E-state index is 13.2. The zero-order valence-electron chi connectivity index (χ0n) is 20.0. The van der Waals surface area contributed by atoms with E-state index in [4.69, 9.17) is 14.6 Å². The molecule has 0 atom stereocenters. The Morgan fingerprint density at radius 2 is 1.72 bits per heavy atom. The Hall–Kier alpha value is -4.22. The maximum Gasteiger partial charge on any atom is 0.322 e. The number of pyridine rings is 1. The molecule has 5 N–H and O–H groups in total. The van der Waals surface area contributed by atoms with E-state index in [2.05, 4.69) is 5.32 Å². The molecule has 12 nitrogen and oxygen atoms in total. The van der Waals surface area contributed by atoms with Crippen LogP contribution in [-0.4, -0.2) is 64.5 Å². The molecule has 12 heteroatoms. The number of nitrogens with one attached hydrogen (secondary N) is 2. The van der Waals surface area contributed by atoms with Crippen molar-refractivity contribution in [1.82, 2.24) is 15.2 Å². The fourth-order valence-electron chi connectivity index (χ4n) is 4.16. The van der Waals surface area contributed by atoms with E-state index in [1.165, 1.54) is 14.2 Å². The van der Waals surface area contributed by atoms with Crippen molar-refractivity contribution in [1.29, 1.82) is 0 Å². The molecule has 3 rings (SSSR count). The number of nitrogens with zero attached hydrogens (tertiary/aromatic N) is 1. The topological polar surface area (TPSA) is 176 Å². The molecular weight excluding hydrogens is 474 g/mol. The van der Waals surface area contributed by atoms with Crippen molar-refractivity contribution in [3.63, 3.8) is 0 Å². The van der Waals surface area contributed by atoms with Crippen LogP contribution in [0.5, 0.6) is 23.1 Å². The van der Waals surface area contributed by atoms with E-state index in [1.54, 1.807) is 18.2 Å². The summed E-state index contributed by atoms with van der Waals surface area (Å²) in [5, 5.41) is 35.3. The number of aromatic hydroxyl groups is 2. The minimum Gasteiger partial charge on any atom is -0.506 e. The summed E-state index contributed by atoms with van der Waals surface area (Å²) in [5.41, 5.74) is -2.25. The van der Waals surface area contributed by atoms with Gasteiger partial charge < -0.3 is 35.4 Å². The number of aliphatic carboxylic acids is 1. The molecule has 36 heavy (non-hydrogen) atoms. The van der Waals surface area contributed by atoms with Gasteiger partial charge in [-0.1, -0.05) is 19.3 Å². The van der Waals surface area contributed by atoms with Crippen molar-refractivity contribution >= 4 is 17.8 Å². The highest BCUT2D eigenvalue weighted by Crippen LogP contribution is 2.31. The summed E-state index contributed by atoms with van der Waals surface area (Å²) in [6.45, 7) is -1.16. The lowest BCUT2D eigenvalue weighted by atomic mass is 9.95. The van der Waals surface area contributed by atoms with Crippen LogP contribution < -0.4 is 25.7 Å². The summed E-state index contributed by atoms with van der Waals surface area (Å²) in [6, 6.07) is 4.52. The van der Waals surface area contributed by atoms with Gasteiger partial charge >= 0.3 is 5.97 Å². The molecule has 1 fully saturated rings. The van der Waals surface area contributed by atoms with Crippen LogP contribution in [0.1, 0.15) is 58.4 Å². The first-order valence-corrected chi connectivity index (χ1v) is 11.4. The quantitative estimate of drug-likeness (QED) is 0.336. The summed E-state index contributed by atoms with van der Waals surface area (Å²) < 4.78 is 11.2. The highest BCUT2D eigenvalue weighted by Gasteiger charge is 2.31. The monoisotopic (exact) mass is 503 g/mol. The summed E-state index contributed by atoms with van der Waals surface area (Å²) >= 11 is 0. The van der Waals surface area contributed by atoms with Gasteiger partial charge in [0.05, 0.1) is 20.8 Å². The van der Waals surface area contributed by atoms with Crippen LogP contribution in [0.15, 0.2) is 23.0 Å². The molecule has 1 heterocycles. The summed E-state index contributed by atoms with van der Waals surface area (Å²) in [4.78, 5) is 49.9. The van der Waals surface area contributed by atoms with Gasteiger partial charge in [-0.25, -0.2) is 0 Å². The standard InChI is InChI=1S/C24H29N3O9/c1-35-15-9-8-13(16(10-15)36-2)12-27-23(33)18(21(31)25-11-17(28)29)20(30)19(24(27)34)22(32)26-14-6-4-3-5-7-14/h8-10,14,30,34H,3-7,11-12H2,1-2H3,(H,25,31)(H,26,32)(H,28,29). The van der Waals surface area contributed by atoms with Crippen LogP contribution in [0.2, 0.25) is 0 Å². The summed E-state index contributed by atoms with van der Waals surface area (Å²) in [6.07, 6.45) is 4.26. The first kappa shape index (κ1) is 26.4. The SMILES string of the molecule is COc1ccc(Cn2c(O)c(C(=O)NC3CCCCC3)c(O)c(C(=O)NCC(=O)O)c2=O)c(OC)c1. The van der Waals surface area contributed by atoms with Gasteiger partial charge in [-0.15, -0.1) is 0 Å². The molecule has 2 amide bonds. The van der Waals surface area contributed by atoms with Gasteiger partial charge in [-0.2, -0.15) is 0 Å². The van der Waals surface area contributed by atoms with Crippen molar-refractivity contribution in [2.24, 2.45) is 0 Å². The average Bonchev–Trinajstić information content (AvgIpc) is 2.85. The Kier molecular flexibility index (Phi) is 8.41. The largest absolute Gasteiger partial charge is 0.506 e. The number of carboxylic acids is 1. The fraction of sp³-hybridized carbons (Fsp3) is 0.417. The zero-order chi connectivity index (χ0) is 26.4. The van der Waals surface area contributed by atoms with Crippen LogP contribution in [0.4, 0.5) is 0 Å². The molecule has 194 valence electrons. The van der Waals surface area contributed by atoms with E-state index in [1.807, 2.05) is 5.32 Å². The first-order chi connectivity index (χ1) is 17.2. The number of hydrogen-bond acceptors (Lipinski definition) is 8. The number of aromatic nitrogens is 1. The molecule has 0 saturated heterocycles. The first-order valence-electron chi connectivity index (χ1n) is 11.4. The number of carbonyl (C=O) groups excluding carboxylic acids is 2. The van der Waals surface area contributed by atoms with Gasteiger partial charge in [0.25, 0.3) is 17.4 Å². The van der Waals surface area contributed by atoms with Gasteiger partial charge in [-0.3, -0.25) is 23.7 Å². The Morgan fingerprint density at radius 3 is 2.33 bits per heavy atom. The van der Waals surface area contributed by atoms with Crippen molar-refractivity contribution in [2.75, 3.05) is 20.8 Å². The third kappa shape index (κ3) is 5.70. The van der Waals surface area contributed by atoms with Gasteiger partial charge in [0, 0.05) is 17.7 Å². The lowest BCUT2D eigenvalue weighted by Gasteiger charge is -2.24. The van der Waals surface area contributed by atoms with E-state index >= 15 is 0 Å². The predicted molar refractivity (Wildman–Crippen MR) is 127 cm³/mol. The molecule has 0 radical (unpaired) electrons. The predicted octanol–water partition coefficient (Wildman–Crippen LogP) is 1.20. The number of carboxylic acid groups (broad SMARTS) is 1. The van der Waals surface area contributed by atoms with Gasteiger partial charge in [0.2, 0.25) is 5.88 Å². The number of methoxy groups -OCH3 is 2. The highest BCUT2D eigenvalue weighted by atomic mass is 16.5. The second-order valence-corrected chi connectivity index (χ2v) is 8.38. The Bertz CT molecular complexity index is 1220. The molecule has 1 aromatic carbocycles. The molecule has 1 aliphatic carbocycles. The number of benzene rings is 1. The lowest BCUT2D eigenvalue weighted by molar-refractivity contribution is -0.135. The van der Waals surface area contributed by atoms with E-state index < -0.39 is 52.6 Å². The lowest BCUT2D eigenvalue weighted by Crippen LogP contribution is -2.39. The molecule has 1 aromatic heterocycles. The summed E-state index contributed by atoms with van der Waals surface area (Å²) in [7, 11) is 2.86. The van der Waals surface area contributed by atoms with Crippen LogP contribution in [-0.2, 0) is 11.3 Å². The van der Waals surface area contributed by atoms with Crippen LogP contribution >= 0.6 is 0 Å². The minimum absolute atomic E-state index is 0.198. The average molecular weight is 504 g/mol. The number of ether oxygens (including phenoxy) is 2. The van der Waals surface area contributed by atoms with Crippen molar-refractivity contribution in [2.45, 2.75) is 44.7 Å². The summed E-state index contributed by atoms with van der Waals surface area (Å²) in [5.74, 6) is -4.55. The van der Waals surface area contributed by atoms with Crippen LogP contribution in [0.3, 0.4) is 0 Å². The number of hydrogen-bond donors (Lipinski definition) is 5. The number of carbonyl (C=O) groups is 3. The zero-order valence-corrected chi connectivity index (χ0v) is 20.0. The smallest absolute Gasteiger partial charge is 0.322 e. The Morgan fingerprint density at radius 1 is 1.03 bits per heavy atom. The van der Waals surface area contributed by atoms with Gasteiger partial charge in [0.15, 0.2) is 5.75 Å². The van der Waals surface area contributed by atoms with Gasteiger partial charge in [0.1, 0.15) is 29.2 Å². The number of rotatable bonds is 9. The molecule has 1 saturated carbocycles. The molecule has 0 aliphatic heterocycles. The number of amides is 2. The molecule has 2 aromatic rings. The molecule has 0 unspecified atom stereocenters. The highest BCUT2D eigenvalue weighted by molar-refractivity contribution is 6.05. The second kappa shape index (κ2) is 11.5. The second-order valence-electron chi connectivity index (χ2n) is 8.38. The van der Waals surface area contributed by atoms with Crippen LogP contribution in [0, 0.1) is 0 Å². The van der Waals surface area contributed by atoms with Crippen molar-refractivity contribution < 1.29 is 39.2 Å². The third-order valence-electron chi connectivity index (χ3n) is 6.03. The fourth-order valence-corrected chi connectivity index (χ4v) is 4.16. The van der Waals surface area contributed by atoms with E-state index in [9.17, 15) is 29.4 Å². The molecular formula is C24H29N3O9. The normalized spacial score (nSPS) is 13.6.